The Morgan fingerprint density at radius 3 is 2.89 bits per heavy atom. The molecule has 0 spiro atoms. The Morgan fingerprint density at radius 2 is 2.16 bits per heavy atom. The molecule has 0 bridgehead atoms. The van der Waals surface area contributed by atoms with Crippen molar-refractivity contribution in [1.29, 1.82) is 0 Å². The van der Waals surface area contributed by atoms with E-state index in [9.17, 15) is 4.79 Å². The summed E-state index contributed by atoms with van der Waals surface area (Å²) in [4.78, 5) is 12.1. The highest BCUT2D eigenvalue weighted by molar-refractivity contribution is 5.99. The quantitative estimate of drug-likeness (QED) is 0.815. The number of carbonyl (C=O) groups excluding carboxylic acids is 1. The van der Waals surface area contributed by atoms with Crippen molar-refractivity contribution in [2.75, 3.05) is 7.11 Å². The minimum absolute atomic E-state index is 0.0756. The molecule has 0 radical (unpaired) electrons. The van der Waals surface area contributed by atoms with Gasteiger partial charge in [0.2, 0.25) is 0 Å². The molecule has 0 N–H and O–H groups in total. The van der Waals surface area contributed by atoms with Crippen molar-refractivity contribution < 1.29 is 14.3 Å². The van der Waals surface area contributed by atoms with Crippen LogP contribution in [-0.4, -0.2) is 19.0 Å². The second-order valence-electron chi connectivity index (χ2n) is 4.85. The minimum atomic E-state index is -0.0756. The average molecular weight is 256 g/mol. The SMILES string of the molecule is COC1=CCC([C@H]2CC(=O)c3ccccc3O2)C=C1. The van der Waals surface area contributed by atoms with Crippen LogP contribution >= 0.6 is 0 Å². The molecule has 2 aliphatic rings. The fourth-order valence-electron chi connectivity index (χ4n) is 2.58. The van der Waals surface area contributed by atoms with Crippen molar-refractivity contribution in [1.82, 2.24) is 0 Å². The lowest BCUT2D eigenvalue weighted by Gasteiger charge is -2.30. The van der Waals surface area contributed by atoms with Gasteiger partial charge in [-0.05, 0) is 30.7 Å². The van der Waals surface area contributed by atoms with E-state index in [-0.39, 0.29) is 17.8 Å². The van der Waals surface area contributed by atoms with E-state index >= 15 is 0 Å². The van der Waals surface area contributed by atoms with Gasteiger partial charge in [-0.15, -0.1) is 0 Å². The fraction of sp³-hybridized carbons (Fsp3) is 0.312. The number of rotatable bonds is 2. The van der Waals surface area contributed by atoms with Crippen LogP contribution in [0.25, 0.3) is 0 Å². The first-order chi connectivity index (χ1) is 9.28. The van der Waals surface area contributed by atoms with Gasteiger partial charge in [-0.2, -0.15) is 0 Å². The third-order valence-corrected chi connectivity index (χ3v) is 3.66. The Morgan fingerprint density at radius 1 is 1.32 bits per heavy atom. The van der Waals surface area contributed by atoms with Crippen LogP contribution in [0.5, 0.6) is 5.75 Å². The number of para-hydroxylation sites is 1. The van der Waals surface area contributed by atoms with Gasteiger partial charge >= 0.3 is 0 Å². The molecule has 0 fully saturated rings. The summed E-state index contributed by atoms with van der Waals surface area (Å²) in [5.41, 5.74) is 0.701. The summed E-state index contributed by atoms with van der Waals surface area (Å²) in [6, 6.07) is 7.46. The van der Waals surface area contributed by atoms with Crippen LogP contribution in [0.3, 0.4) is 0 Å². The van der Waals surface area contributed by atoms with E-state index in [2.05, 4.69) is 6.08 Å². The zero-order valence-electron chi connectivity index (χ0n) is 10.8. The van der Waals surface area contributed by atoms with E-state index in [4.69, 9.17) is 9.47 Å². The summed E-state index contributed by atoms with van der Waals surface area (Å²) in [7, 11) is 1.66. The van der Waals surface area contributed by atoms with E-state index in [0.717, 1.165) is 12.2 Å². The van der Waals surface area contributed by atoms with Crippen molar-refractivity contribution in [3.8, 4) is 5.75 Å². The Kier molecular flexibility index (Phi) is 3.11. The summed E-state index contributed by atoms with van der Waals surface area (Å²) < 4.78 is 11.1. The van der Waals surface area contributed by atoms with Gasteiger partial charge in [0.15, 0.2) is 5.78 Å². The highest BCUT2D eigenvalue weighted by atomic mass is 16.5. The maximum absolute atomic E-state index is 12.1. The number of carbonyl (C=O) groups is 1. The first-order valence-corrected chi connectivity index (χ1v) is 6.49. The monoisotopic (exact) mass is 256 g/mol. The largest absolute Gasteiger partial charge is 0.497 e. The lowest BCUT2D eigenvalue weighted by molar-refractivity contribution is 0.0782. The van der Waals surface area contributed by atoms with Gasteiger partial charge in [0, 0.05) is 12.3 Å². The topological polar surface area (TPSA) is 35.5 Å². The molecule has 3 nitrogen and oxygen atoms in total. The maximum atomic E-state index is 12.1. The lowest BCUT2D eigenvalue weighted by atomic mass is 9.88. The molecule has 1 aliphatic carbocycles. The van der Waals surface area contributed by atoms with Gasteiger partial charge in [0.05, 0.1) is 12.7 Å². The Bertz CT molecular complexity index is 557. The molecular weight excluding hydrogens is 240 g/mol. The molecule has 3 heteroatoms. The van der Waals surface area contributed by atoms with Crippen LogP contribution < -0.4 is 4.74 Å². The molecule has 0 aromatic heterocycles. The molecular formula is C16H16O3. The number of ether oxygens (including phenoxy) is 2. The van der Waals surface area contributed by atoms with E-state index in [1.807, 2.05) is 36.4 Å². The van der Waals surface area contributed by atoms with Gasteiger partial charge in [-0.1, -0.05) is 18.2 Å². The van der Waals surface area contributed by atoms with Crippen molar-refractivity contribution in [2.45, 2.75) is 18.9 Å². The van der Waals surface area contributed by atoms with Gasteiger partial charge in [-0.3, -0.25) is 4.79 Å². The number of ketones is 1. The minimum Gasteiger partial charge on any atom is -0.497 e. The number of fused-ring (bicyclic) bond motifs is 1. The van der Waals surface area contributed by atoms with Crippen LogP contribution in [0.1, 0.15) is 23.2 Å². The molecule has 3 rings (SSSR count). The van der Waals surface area contributed by atoms with E-state index < -0.39 is 0 Å². The molecule has 2 atom stereocenters. The maximum Gasteiger partial charge on any atom is 0.170 e. The Labute approximate surface area is 112 Å². The van der Waals surface area contributed by atoms with E-state index in [0.29, 0.717) is 17.7 Å². The zero-order valence-corrected chi connectivity index (χ0v) is 10.8. The fourth-order valence-corrected chi connectivity index (χ4v) is 2.58. The van der Waals surface area contributed by atoms with Crippen molar-refractivity contribution >= 4 is 5.78 Å². The first-order valence-electron chi connectivity index (χ1n) is 6.49. The van der Waals surface area contributed by atoms with E-state index in [1.54, 1.807) is 7.11 Å². The smallest absolute Gasteiger partial charge is 0.170 e. The standard InChI is InChI=1S/C16H16O3/c1-18-12-8-6-11(7-9-12)16-10-14(17)13-4-2-3-5-15(13)19-16/h2-6,8-9,11,16H,7,10H2,1H3/t11?,16-/m1/s1. The zero-order chi connectivity index (χ0) is 13.2. The highest BCUT2D eigenvalue weighted by Crippen LogP contribution is 2.33. The van der Waals surface area contributed by atoms with Gasteiger partial charge in [0.25, 0.3) is 0 Å². The Balaban J connectivity index is 1.78. The molecule has 1 unspecified atom stereocenters. The van der Waals surface area contributed by atoms with Crippen molar-refractivity contribution in [3.05, 3.63) is 53.8 Å². The summed E-state index contributed by atoms with van der Waals surface area (Å²) in [5.74, 6) is 1.98. The summed E-state index contributed by atoms with van der Waals surface area (Å²) in [5, 5.41) is 0. The summed E-state index contributed by atoms with van der Waals surface area (Å²) >= 11 is 0. The first kappa shape index (κ1) is 12.0. The number of Topliss-reactive ketones (excluding diaryl/α,β-unsaturated/α-hetero) is 1. The molecule has 0 amide bonds. The molecule has 0 saturated heterocycles. The molecule has 1 aromatic rings. The highest BCUT2D eigenvalue weighted by Gasteiger charge is 2.31. The molecule has 19 heavy (non-hydrogen) atoms. The van der Waals surface area contributed by atoms with Gasteiger partial charge < -0.3 is 9.47 Å². The van der Waals surface area contributed by atoms with Crippen LogP contribution in [0.2, 0.25) is 0 Å². The van der Waals surface area contributed by atoms with Crippen LogP contribution in [0.4, 0.5) is 0 Å². The molecule has 98 valence electrons. The number of allylic oxidation sites excluding steroid dienone is 2. The third-order valence-electron chi connectivity index (χ3n) is 3.66. The molecule has 1 aromatic carbocycles. The van der Waals surface area contributed by atoms with E-state index in [1.165, 1.54) is 0 Å². The number of benzene rings is 1. The molecule has 1 heterocycles. The molecule has 1 aliphatic heterocycles. The predicted molar refractivity (Wildman–Crippen MR) is 72.1 cm³/mol. The van der Waals surface area contributed by atoms with Crippen molar-refractivity contribution in [3.63, 3.8) is 0 Å². The normalized spacial score (nSPS) is 25.3. The summed E-state index contributed by atoms with van der Waals surface area (Å²) in [6.07, 6.45) is 7.28. The van der Waals surface area contributed by atoms with Crippen molar-refractivity contribution in [2.24, 2.45) is 5.92 Å². The van der Waals surface area contributed by atoms with Crippen LogP contribution in [0.15, 0.2) is 48.3 Å². The number of hydrogen-bond donors (Lipinski definition) is 0. The number of hydrogen-bond acceptors (Lipinski definition) is 3. The second-order valence-corrected chi connectivity index (χ2v) is 4.85. The predicted octanol–water partition coefficient (Wildman–Crippen LogP) is 3.13. The van der Waals surface area contributed by atoms with Gasteiger partial charge in [0.1, 0.15) is 17.6 Å². The van der Waals surface area contributed by atoms with Gasteiger partial charge in [-0.25, -0.2) is 0 Å². The average Bonchev–Trinajstić information content (AvgIpc) is 2.47. The molecule has 0 saturated carbocycles. The number of methoxy groups -OCH3 is 1. The van der Waals surface area contributed by atoms with Crippen LogP contribution in [-0.2, 0) is 4.74 Å². The van der Waals surface area contributed by atoms with Crippen LogP contribution in [0, 0.1) is 5.92 Å². The third kappa shape index (κ3) is 2.28. The Hall–Kier alpha value is -2.03. The lowest BCUT2D eigenvalue weighted by Crippen LogP contribution is -2.33. The summed E-state index contributed by atoms with van der Waals surface area (Å²) in [6.45, 7) is 0. The second kappa shape index (κ2) is 4.92.